The maximum absolute atomic E-state index is 12.5. The number of carbonyl (C=O) groups excluding carboxylic acids is 2. The van der Waals surface area contributed by atoms with E-state index in [-0.39, 0.29) is 19.1 Å². The highest BCUT2D eigenvalue weighted by atomic mass is 16.7. The SMILES string of the molecule is COC(=O)CC1CC(c2ccccc2)ON1C(=O)OCc1ccccc1. The van der Waals surface area contributed by atoms with Crippen molar-refractivity contribution in [2.24, 2.45) is 0 Å². The maximum Gasteiger partial charge on any atom is 0.434 e. The lowest BCUT2D eigenvalue weighted by Crippen LogP contribution is -2.36. The second kappa shape index (κ2) is 8.49. The summed E-state index contributed by atoms with van der Waals surface area (Å²) in [4.78, 5) is 30.0. The van der Waals surface area contributed by atoms with Crippen LogP contribution in [0.4, 0.5) is 4.79 Å². The van der Waals surface area contributed by atoms with Crippen LogP contribution in [0.5, 0.6) is 0 Å². The monoisotopic (exact) mass is 355 g/mol. The van der Waals surface area contributed by atoms with Crippen LogP contribution in [-0.4, -0.2) is 30.3 Å². The molecule has 1 fully saturated rings. The highest BCUT2D eigenvalue weighted by Crippen LogP contribution is 2.35. The number of carbonyl (C=O) groups is 2. The molecule has 1 aliphatic rings. The van der Waals surface area contributed by atoms with Gasteiger partial charge in [0.05, 0.1) is 19.6 Å². The Morgan fingerprint density at radius 1 is 1.08 bits per heavy atom. The predicted octanol–water partition coefficient (Wildman–Crippen LogP) is 3.63. The first kappa shape index (κ1) is 17.9. The minimum atomic E-state index is -0.610. The Balaban J connectivity index is 1.68. The minimum Gasteiger partial charge on any atom is -0.469 e. The fourth-order valence-corrected chi connectivity index (χ4v) is 2.89. The first-order chi connectivity index (χ1) is 12.7. The number of hydrogen-bond donors (Lipinski definition) is 0. The smallest absolute Gasteiger partial charge is 0.434 e. The fourth-order valence-electron chi connectivity index (χ4n) is 2.89. The molecule has 136 valence electrons. The van der Waals surface area contributed by atoms with Gasteiger partial charge in [-0.15, -0.1) is 0 Å². The molecule has 2 aromatic carbocycles. The molecule has 2 unspecified atom stereocenters. The molecule has 0 bridgehead atoms. The Morgan fingerprint density at radius 3 is 2.38 bits per heavy atom. The van der Waals surface area contributed by atoms with E-state index in [0.29, 0.717) is 6.42 Å². The van der Waals surface area contributed by atoms with Crippen molar-refractivity contribution in [2.75, 3.05) is 7.11 Å². The number of rotatable bonds is 5. The van der Waals surface area contributed by atoms with Crippen LogP contribution in [0.25, 0.3) is 0 Å². The lowest BCUT2D eigenvalue weighted by atomic mass is 10.0. The van der Waals surface area contributed by atoms with Crippen molar-refractivity contribution >= 4 is 12.1 Å². The van der Waals surface area contributed by atoms with E-state index in [4.69, 9.17) is 14.3 Å². The zero-order valence-corrected chi connectivity index (χ0v) is 14.5. The molecule has 6 nitrogen and oxygen atoms in total. The van der Waals surface area contributed by atoms with Crippen LogP contribution in [0.2, 0.25) is 0 Å². The molecular weight excluding hydrogens is 334 g/mol. The second-order valence-corrected chi connectivity index (χ2v) is 6.04. The van der Waals surface area contributed by atoms with Crippen molar-refractivity contribution < 1.29 is 23.9 Å². The first-order valence-corrected chi connectivity index (χ1v) is 8.46. The summed E-state index contributed by atoms with van der Waals surface area (Å²) in [5, 5.41) is 1.16. The first-order valence-electron chi connectivity index (χ1n) is 8.46. The van der Waals surface area contributed by atoms with Gasteiger partial charge >= 0.3 is 12.1 Å². The van der Waals surface area contributed by atoms with Crippen LogP contribution >= 0.6 is 0 Å². The molecule has 0 radical (unpaired) electrons. The summed E-state index contributed by atoms with van der Waals surface area (Å²) in [6, 6.07) is 18.5. The molecule has 0 spiro atoms. The number of amides is 1. The Kier molecular flexibility index (Phi) is 5.86. The molecular formula is C20H21NO5. The number of benzene rings is 2. The van der Waals surface area contributed by atoms with Crippen molar-refractivity contribution in [2.45, 2.75) is 31.6 Å². The Hall–Kier alpha value is -2.86. The quantitative estimate of drug-likeness (QED) is 0.766. The van der Waals surface area contributed by atoms with E-state index in [1.807, 2.05) is 60.7 Å². The van der Waals surface area contributed by atoms with Gasteiger partial charge in [0.2, 0.25) is 0 Å². The summed E-state index contributed by atoms with van der Waals surface area (Å²) < 4.78 is 10.1. The molecule has 0 saturated carbocycles. The molecule has 0 aliphatic carbocycles. The molecule has 3 rings (SSSR count). The topological polar surface area (TPSA) is 65.1 Å². The standard InChI is InChI=1S/C20H21NO5/c1-24-19(22)13-17-12-18(16-10-6-3-7-11-16)26-21(17)20(23)25-14-15-8-4-2-5-9-15/h2-11,17-18H,12-14H2,1H3. The second-order valence-electron chi connectivity index (χ2n) is 6.04. The van der Waals surface area contributed by atoms with E-state index < -0.39 is 18.1 Å². The summed E-state index contributed by atoms with van der Waals surface area (Å²) in [6.45, 7) is 0.139. The average molecular weight is 355 g/mol. The normalized spacial score (nSPS) is 19.2. The molecule has 26 heavy (non-hydrogen) atoms. The van der Waals surface area contributed by atoms with Gasteiger partial charge in [0.1, 0.15) is 12.7 Å². The highest BCUT2D eigenvalue weighted by Gasteiger charge is 2.40. The molecule has 1 saturated heterocycles. The zero-order valence-electron chi connectivity index (χ0n) is 14.5. The largest absolute Gasteiger partial charge is 0.469 e. The third-order valence-electron chi connectivity index (χ3n) is 4.25. The molecule has 0 N–H and O–H groups in total. The highest BCUT2D eigenvalue weighted by molar-refractivity contribution is 5.72. The lowest BCUT2D eigenvalue weighted by Gasteiger charge is -2.21. The van der Waals surface area contributed by atoms with Crippen LogP contribution in [-0.2, 0) is 25.7 Å². The van der Waals surface area contributed by atoms with Gasteiger partial charge in [0, 0.05) is 6.42 Å². The molecule has 6 heteroatoms. The summed E-state index contributed by atoms with van der Waals surface area (Å²) in [5.41, 5.74) is 1.82. The van der Waals surface area contributed by atoms with E-state index in [1.54, 1.807) is 0 Å². The summed E-state index contributed by atoms with van der Waals surface area (Å²) >= 11 is 0. The van der Waals surface area contributed by atoms with Crippen molar-refractivity contribution in [3.63, 3.8) is 0 Å². The number of nitrogens with zero attached hydrogens (tertiary/aromatic N) is 1. The van der Waals surface area contributed by atoms with Crippen molar-refractivity contribution in [3.05, 3.63) is 71.8 Å². The summed E-state index contributed by atoms with van der Waals surface area (Å²) in [7, 11) is 1.32. The number of esters is 1. The summed E-state index contributed by atoms with van der Waals surface area (Å²) in [6.07, 6.45) is -0.365. The van der Waals surface area contributed by atoms with Gasteiger partial charge in [-0.3, -0.25) is 9.63 Å². The average Bonchev–Trinajstić information content (AvgIpc) is 3.11. The van der Waals surface area contributed by atoms with Crippen molar-refractivity contribution in [1.29, 1.82) is 0 Å². The van der Waals surface area contributed by atoms with E-state index in [0.717, 1.165) is 16.2 Å². The number of methoxy groups -OCH3 is 1. The van der Waals surface area contributed by atoms with E-state index >= 15 is 0 Å². The molecule has 1 aliphatic heterocycles. The van der Waals surface area contributed by atoms with Crippen LogP contribution in [0.3, 0.4) is 0 Å². The van der Waals surface area contributed by atoms with Crippen LogP contribution < -0.4 is 0 Å². The van der Waals surface area contributed by atoms with Crippen LogP contribution in [0.15, 0.2) is 60.7 Å². The molecule has 2 atom stereocenters. The number of hydroxylamine groups is 2. The zero-order chi connectivity index (χ0) is 18.4. The lowest BCUT2D eigenvalue weighted by molar-refractivity contribution is -0.155. The van der Waals surface area contributed by atoms with Gasteiger partial charge in [-0.2, -0.15) is 5.06 Å². The maximum atomic E-state index is 12.5. The fraction of sp³-hybridized carbons (Fsp3) is 0.300. The van der Waals surface area contributed by atoms with Gasteiger partial charge in [0.15, 0.2) is 0 Å². The van der Waals surface area contributed by atoms with E-state index in [1.165, 1.54) is 7.11 Å². The van der Waals surface area contributed by atoms with Gasteiger partial charge in [-0.25, -0.2) is 4.79 Å². The minimum absolute atomic E-state index is 0.0558. The van der Waals surface area contributed by atoms with Gasteiger partial charge in [-0.1, -0.05) is 60.7 Å². The third kappa shape index (κ3) is 4.40. The Bertz CT molecular complexity index is 734. The molecule has 1 amide bonds. The Labute approximate surface area is 152 Å². The van der Waals surface area contributed by atoms with Crippen molar-refractivity contribution in [3.8, 4) is 0 Å². The van der Waals surface area contributed by atoms with Crippen LogP contribution in [0.1, 0.15) is 30.1 Å². The molecule has 2 aromatic rings. The Morgan fingerprint density at radius 2 is 1.73 bits per heavy atom. The van der Waals surface area contributed by atoms with E-state index in [2.05, 4.69) is 0 Å². The molecule has 1 heterocycles. The van der Waals surface area contributed by atoms with Gasteiger partial charge in [-0.05, 0) is 11.1 Å². The third-order valence-corrected chi connectivity index (χ3v) is 4.25. The van der Waals surface area contributed by atoms with Gasteiger partial charge < -0.3 is 9.47 Å². The summed E-state index contributed by atoms with van der Waals surface area (Å²) in [5.74, 6) is -0.395. The molecule has 0 aromatic heterocycles. The number of ether oxygens (including phenoxy) is 2. The van der Waals surface area contributed by atoms with E-state index in [9.17, 15) is 9.59 Å². The van der Waals surface area contributed by atoms with Gasteiger partial charge in [0.25, 0.3) is 0 Å². The van der Waals surface area contributed by atoms with Crippen molar-refractivity contribution in [1.82, 2.24) is 5.06 Å². The predicted molar refractivity (Wildman–Crippen MR) is 93.8 cm³/mol. The van der Waals surface area contributed by atoms with Crippen LogP contribution in [0, 0.1) is 0 Å². The number of hydrogen-bond acceptors (Lipinski definition) is 5.